The largest absolute Gasteiger partial charge is 0.507 e. The van der Waals surface area contributed by atoms with Crippen molar-refractivity contribution in [1.82, 2.24) is 0 Å². The molecule has 0 bridgehead atoms. The molecule has 0 aliphatic carbocycles. The molecule has 2 aromatic rings. The zero-order chi connectivity index (χ0) is 13.8. The first-order chi connectivity index (χ1) is 9.19. The van der Waals surface area contributed by atoms with Crippen LogP contribution >= 0.6 is 0 Å². The summed E-state index contributed by atoms with van der Waals surface area (Å²) in [6, 6.07) is 12.9. The van der Waals surface area contributed by atoms with Gasteiger partial charge in [-0.25, -0.2) is 0 Å². The molecule has 0 unspecified atom stereocenters. The second kappa shape index (κ2) is 5.92. The molecule has 0 saturated carbocycles. The fraction of sp³-hybridized carbons (Fsp3) is 0.333. The summed E-state index contributed by atoms with van der Waals surface area (Å²) in [4.78, 5) is 0. The lowest BCUT2D eigenvalue weighted by atomic mass is 9.95. The lowest BCUT2D eigenvalue weighted by molar-refractivity contribution is 0.462. The van der Waals surface area contributed by atoms with E-state index in [0.29, 0.717) is 5.75 Å². The van der Waals surface area contributed by atoms with Crippen molar-refractivity contribution < 1.29 is 5.11 Å². The molecule has 2 aromatic carbocycles. The van der Waals surface area contributed by atoms with Crippen LogP contribution in [0.3, 0.4) is 0 Å². The first kappa shape index (κ1) is 13.7. The molecule has 0 aliphatic rings. The average molecular weight is 254 g/mol. The third kappa shape index (κ3) is 2.81. The monoisotopic (exact) mass is 254 g/mol. The lowest BCUT2D eigenvalue weighted by Crippen LogP contribution is -1.92. The Labute approximate surface area is 115 Å². The Balaban J connectivity index is 2.55. The van der Waals surface area contributed by atoms with Gasteiger partial charge >= 0.3 is 0 Å². The molecule has 19 heavy (non-hydrogen) atoms. The van der Waals surface area contributed by atoms with E-state index in [4.69, 9.17) is 0 Å². The minimum Gasteiger partial charge on any atom is -0.507 e. The molecule has 2 rings (SSSR count). The van der Waals surface area contributed by atoms with Crippen molar-refractivity contribution >= 4 is 0 Å². The third-order valence-corrected chi connectivity index (χ3v) is 3.70. The van der Waals surface area contributed by atoms with Crippen molar-refractivity contribution in [3.63, 3.8) is 0 Å². The van der Waals surface area contributed by atoms with Crippen molar-refractivity contribution in [2.75, 3.05) is 0 Å². The molecule has 0 amide bonds. The van der Waals surface area contributed by atoms with Gasteiger partial charge in [-0.2, -0.15) is 0 Å². The summed E-state index contributed by atoms with van der Waals surface area (Å²) in [6.07, 6.45) is 2.77. The van der Waals surface area contributed by atoms with Gasteiger partial charge in [-0.1, -0.05) is 45.0 Å². The molecule has 0 aromatic heterocycles. The summed E-state index contributed by atoms with van der Waals surface area (Å²) in [7, 11) is 0. The minimum absolute atomic E-state index is 0.473. The van der Waals surface area contributed by atoms with E-state index in [9.17, 15) is 5.11 Å². The van der Waals surface area contributed by atoms with Crippen molar-refractivity contribution in [2.24, 2.45) is 0 Å². The minimum atomic E-state index is 0.473. The fourth-order valence-corrected chi connectivity index (χ4v) is 2.44. The van der Waals surface area contributed by atoms with Crippen LogP contribution in [0.5, 0.6) is 5.75 Å². The van der Waals surface area contributed by atoms with E-state index in [2.05, 4.69) is 57.2 Å². The number of aromatic hydroxyl groups is 1. The molecule has 0 radical (unpaired) electrons. The van der Waals surface area contributed by atoms with Crippen LogP contribution in [0.2, 0.25) is 0 Å². The van der Waals surface area contributed by atoms with E-state index in [1.165, 1.54) is 16.7 Å². The molecule has 100 valence electrons. The molecule has 1 N–H and O–H groups in total. The standard InChI is InChI=1S/C18H22O/c1-4-13-8-7-9-16(10-13)17-11-14(5-2)18(19)15(6-3)12-17/h7-12,19H,4-6H2,1-3H3. The highest BCUT2D eigenvalue weighted by molar-refractivity contribution is 5.68. The van der Waals surface area contributed by atoms with Gasteiger partial charge in [-0.3, -0.25) is 0 Å². The van der Waals surface area contributed by atoms with Gasteiger partial charge in [0.25, 0.3) is 0 Å². The predicted molar refractivity (Wildman–Crippen MR) is 81.7 cm³/mol. The van der Waals surface area contributed by atoms with Crippen LogP contribution < -0.4 is 0 Å². The maximum atomic E-state index is 10.2. The Hall–Kier alpha value is -1.76. The van der Waals surface area contributed by atoms with Crippen LogP contribution in [0.1, 0.15) is 37.5 Å². The molecule has 1 nitrogen and oxygen atoms in total. The van der Waals surface area contributed by atoms with Crippen LogP contribution in [-0.2, 0) is 19.3 Å². The number of aryl methyl sites for hydroxylation is 3. The molecular formula is C18H22O. The molecule has 0 fully saturated rings. The zero-order valence-electron chi connectivity index (χ0n) is 12.0. The quantitative estimate of drug-likeness (QED) is 0.835. The van der Waals surface area contributed by atoms with Gasteiger partial charge < -0.3 is 5.11 Å². The second-order valence-corrected chi connectivity index (χ2v) is 4.90. The summed E-state index contributed by atoms with van der Waals surface area (Å²) in [6.45, 7) is 6.34. The molecule has 0 saturated heterocycles. The summed E-state index contributed by atoms with van der Waals surface area (Å²) in [5.74, 6) is 0.473. The Bertz CT molecular complexity index is 545. The first-order valence-electron chi connectivity index (χ1n) is 7.13. The van der Waals surface area contributed by atoms with E-state index < -0.39 is 0 Å². The predicted octanol–water partition coefficient (Wildman–Crippen LogP) is 4.75. The Morgan fingerprint density at radius 3 is 1.95 bits per heavy atom. The van der Waals surface area contributed by atoms with Crippen LogP contribution in [0.25, 0.3) is 11.1 Å². The summed E-state index contributed by atoms with van der Waals surface area (Å²) in [5.41, 5.74) is 5.87. The number of rotatable bonds is 4. The van der Waals surface area contributed by atoms with E-state index in [1.807, 2.05) is 0 Å². The lowest BCUT2D eigenvalue weighted by Gasteiger charge is -2.12. The topological polar surface area (TPSA) is 20.2 Å². The van der Waals surface area contributed by atoms with Crippen molar-refractivity contribution in [1.29, 1.82) is 0 Å². The number of hydrogen-bond acceptors (Lipinski definition) is 1. The molecular weight excluding hydrogens is 232 g/mol. The maximum Gasteiger partial charge on any atom is 0.121 e. The number of hydrogen-bond donors (Lipinski definition) is 1. The summed E-state index contributed by atoms with van der Waals surface area (Å²) < 4.78 is 0. The van der Waals surface area contributed by atoms with Crippen LogP contribution in [0, 0.1) is 0 Å². The second-order valence-electron chi connectivity index (χ2n) is 4.90. The van der Waals surface area contributed by atoms with E-state index in [0.717, 1.165) is 30.4 Å². The van der Waals surface area contributed by atoms with Crippen molar-refractivity contribution in [2.45, 2.75) is 40.0 Å². The van der Waals surface area contributed by atoms with Gasteiger partial charge in [-0.05, 0) is 59.2 Å². The SMILES string of the molecule is CCc1cccc(-c2cc(CC)c(O)c(CC)c2)c1. The first-order valence-corrected chi connectivity index (χ1v) is 7.13. The van der Waals surface area contributed by atoms with Gasteiger partial charge in [0.1, 0.15) is 5.75 Å². The normalized spacial score (nSPS) is 10.7. The molecule has 0 aliphatic heterocycles. The number of phenols is 1. The van der Waals surface area contributed by atoms with E-state index >= 15 is 0 Å². The highest BCUT2D eigenvalue weighted by Gasteiger charge is 2.09. The molecule has 0 atom stereocenters. The smallest absolute Gasteiger partial charge is 0.121 e. The van der Waals surface area contributed by atoms with Crippen LogP contribution in [0.15, 0.2) is 36.4 Å². The maximum absolute atomic E-state index is 10.2. The molecule has 1 heteroatoms. The Morgan fingerprint density at radius 1 is 0.789 bits per heavy atom. The van der Waals surface area contributed by atoms with Crippen molar-refractivity contribution in [3.05, 3.63) is 53.1 Å². The molecule has 0 heterocycles. The van der Waals surface area contributed by atoms with Gasteiger partial charge in [0.05, 0.1) is 0 Å². The Kier molecular flexibility index (Phi) is 4.26. The highest BCUT2D eigenvalue weighted by Crippen LogP contribution is 2.31. The van der Waals surface area contributed by atoms with Crippen LogP contribution in [-0.4, -0.2) is 5.11 Å². The van der Waals surface area contributed by atoms with E-state index in [1.54, 1.807) is 0 Å². The molecule has 0 spiro atoms. The summed E-state index contributed by atoms with van der Waals surface area (Å²) >= 11 is 0. The van der Waals surface area contributed by atoms with E-state index in [-0.39, 0.29) is 0 Å². The zero-order valence-corrected chi connectivity index (χ0v) is 12.0. The number of benzene rings is 2. The fourth-order valence-electron chi connectivity index (χ4n) is 2.44. The van der Waals surface area contributed by atoms with Gasteiger partial charge in [0, 0.05) is 0 Å². The van der Waals surface area contributed by atoms with Crippen LogP contribution in [0.4, 0.5) is 0 Å². The Morgan fingerprint density at radius 2 is 1.42 bits per heavy atom. The van der Waals surface area contributed by atoms with Gasteiger partial charge in [0.2, 0.25) is 0 Å². The van der Waals surface area contributed by atoms with Gasteiger partial charge in [0.15, 0.2) is 0 Å². The van der Waals surface area contributed by atoms with Crippen molar-refractivity contribution in [3.8, 4) is 16.9 Å². The average Bonchev–Trinajstić information content (AvgIpc) is 2.47. The third-order valence-electron chi connectivity index (χ3n) is 3.70. The number of phenolic OH excluding ortho intramolecular Hbond substituents is 1. The summed E-state index contributed by atoms with van der Waals surface area (Å²) in [5, 5.41) is 10.2. The van der Waals surface area contributed by atoms with Gasteiger partial charge in [-0.15, -0.1) is 0 Å². The highest BCUT2D eigenvalue weighted by atomic mass is 16.3.